The molecule has 2 atom stereocenters. The van der Waals surface area contributed by atoms with Crippen molar-refractivity contribution < 1.29 is 0 Å². The van der Waals surface area contributed by atoms with Gasteiger partial charge in [-0.25, -0.2) is 0 Å². The lowest BCUT2D eigenvalue weighted by Gasteiger charge is -2.35. The molecule has 0 aliphatic heterocycles. The summed E-state index contributed by atoms with van der Waals surface area (Å²) < 4.78 is 0. The van der Waals surface area contributed by atoms with Crippen molar-refractivity contribution in [1.29, 1.82) is 0 Å². The van der Waals surface area contributed by atoms with Crippen LogP contribution in [0.1, 0.15) is 16.7 Å². The van der Waals surface area contributed by atoms with Gasteiger partial charge in [-0.05, 0) is 47.6 Å². The molecule has 0 saturated carbocycles. The molecule has 0 saturated heterocycles. The highest BCUT2D eigenvalue weighted by Crippen LogP contribution is 2.39. The van der Waals surface area contributed by atoms with Gasteiger partial charge in [0, 0.05) is 4.91 Å². The van der Waals surface area contributed by atoms with Crippen LogP contribution >= 0.6 is 11.8 Å². The van der Waals surface area contributed by atoms with E-state index in [9.17, 15) is 0 Å². The molecular weight excluding hydrogens is 212 g/mol. The van der Waals surface area contributed by atoms with Gasteiger partial charge in [0.25, 0.3) is 0 Å². The smallest absolute Gasteiger partial charge is 0.00698 e. The van der Waals surface area contributed by atoms with Crippen LogP contribution in [0, 0.1) is 11.8 Å². The van der Waals surface area contributed by atoms with Gasteiger partial charge in [-0.1, -0.05) is 36.9 Å². The molecule has 1 heteroatoms. The van der Waals surface area contributed by atoms with E-state index in [1.54, 1.807) is 22.9 Å². The molecule has 0 radical (unpaired) electrons. The van der Waals surface area contributed by atoms with Gasteiger partial charge in [0.05, 0.1) is 0 Å². The van der Waals surface area contributed by atoms with Crippen molar-refractivity contribution in [3.05, 3.63) is 53.6 Å². The Morgan fingerprint density at radius 1 is 1.19 bits per heavy atom. The number of thioether (sulfide) groups is 1. The molecule has 0 aromatic heterocycles. The summed E-state index contributed by atoms with van der Waals surface area (Å²) in [5.41, 5.74) is 4.38. The zero-order valence-electron chi connectivity index (χ0n) is 9.57. The molecule has 0 fully saturated rings. The zero-order chi connectivity index (χ0) is 11.1. The minimum absolute atomic E-state index is 0.810. The Hall–Kier alpha value is -0.950. The average molecular weight is 228 g/mol. The Bertz CT molecular complexity index is 470. The van der Waals surface area contributed by atoms with Crippen molar-refractivity contribution in [1.82, 2.24) is 0 Å². The predicted octanol–water partition coefficient (Wildman–Crippen LogP) is 3.92. The van der Waals surface area contributed by atoms with Gasteiger partial charge in [0.1, 0.15) is 0 Å². The molecule has 0 bridgehead atoms. The van der Waals surface area contributed by atoms with E-state index in [2.05, 4.69) is 43.2 Å². The second-order valence-corrected chi connectivity index (χ2v) is 5.63. The highest BCUT2D eigenvalue weighted by atomic mass is 32.2. The highest BCUT2D eigenvalue weighted by Gasteiger charge is 2.30. The third kappa shape index (κ3) is 1.54. The Labute approximate surface area is 101 Å². The van der Waals surface area contributed by atoms with Crippen LogP contribution in [0.3, 0.4) is 0 Å². The summed E-state index contributed by atoms with van der Waals surface area (Å²) in [4.78, 5) is 1.18. The lowest BCUT2D eigenvalue weighted by atomic mass is 9.69. The average Bonchev–Trinajstić information content (AvgIpc) is 2.30. The van der Waals surface area contributed by atoms with Crippen molar-refractivity contribution in [3.8, 4) is 0 Å². The molecule has 1 aromatic carbocycles. The van der Waals surface area contributed by atoms with Gasteiger partial charge in [-0.2, -0.15) is 0 Å². The van der Waals surface area contributed by atoms with Crippen LogP contribution < -0.4 is 0 Å². The lowest BCUT2D eigenvalue weighted by molar-refractivity contribution is 0.396. The number of rotatable bonds is 2. The molecular formula is C15H16S. The Morgan fingerprint density at radius 3 is 2.50 bits per heavy atom. The van der Waals surface area contributed by atoms with E-state index in [0.29, 0.717) is 0 Å². The third-order valence-corrected chi connectivity index (χ3v) is 4.57. The molecule has 2 unspecified atom stereocenters. The standard InChI is InChI=1S/C15H16S/c1-10(16-2)11-3-4-14-8-12-5-6-13(12)9-15(14)7-11/h3-7,12-13H,1,8-9H2,2H3. The zero-order valence-corrected chi connectivity index (χ0v) is 10.4. The summed E-state index contributed by atoms with van der Waals surface area (Å²) >= 11 is 1.74. The monoisotopic (exact) mass is 228 g/mol. The van der Waals surface area contributed by atoms with E-state index < -0.39 is 0 Å². The highest BCUT2D eigenvalue weighted by molar-refractivity contribution is 8.07. The fourth-order valence-corrected chi connectivity index (χ4v) is 3.04. The van der Waals surface area contributed by atoms with Crippen molar-refractivity contribution in [2.24, 2.45) is 11.8 Å². The van der Waals surface area contributed by atoms with Crippen LogP contribution in [0.25, 0.3) is 4.91 Å². The maximum Gasteiger partial charge on any atom is 0.00698 e. The summed E-state index contributed by atoms with van der Waals surface area (Å²) in [6, 6.07) is 6.87. The first-order valence-electron chi connectivity index (χ1n) is 5.81. The molecule has 16 heavy (non-hydrogen) atoms. The Morgan fingerprint density at radius 2 is 1.88 bits per heavy atom. The van der Waals surface area contributed by atoms with E-state index in [4.69, 9.17) is 0 Å². The molecule has 82 valence electrons. The maximum atomic E-state index is 4.09. The first-order valence-corrected chi connectivity index (χ1v) is 7.04. The minimum atomic E-state index is 0.810. The summed E-state index contributed by atoms with van der Waals surface area (Å²) in [5.74, 6) is 1.63. The van der Waals surface area contributed by atoms with Crippen LogP contribution in [0.2, 0.25) is 0 Å². The minimum Gasteiger partial charge on any atom is -0.130 e. The summed E-state index contributed by atoms with van der Waals surface area (Å²) in [6.45, 7) is 4.09. The fraction of sp³-hybridized carbons (Fsp3) is 0.333. The van der Waals surface area contributed by atoms with E-state index >= 15 is 0 Å². The van der Waals surface area contributed by atoms with Gasteiger partial charge < -0.3 is 0 Å². The molecule has 0 heterocycles. The summed E-state index contributed by atoms with van der Waals surface area (Å²) in [7, 11) is 0. The molecule has 0 spiro atoms. The number of benzene rings is 1. The van der Waals surface area contributed by atoms with E-state index in [-0.39, 0.29) is 0 Å². The Kier molecular flexibility index (Phi) is 2.44. The third-order valence-electron chi connectivity index (χ3n) is 3.84. The van der Waals surface area contributed by atoms with Crippen LogP contribution in [-0.4, -0.2) is 6.26 Å². The molecule has 1 aromatic rings. The van der Waals surface area contributed by atoms with Gasteiger partial charge >= 0.3 is 0 Å². The lowest BCUT2D eigenvalue weighted by Crippen LogP contribution is -2.28. The molecule has 2 aliphatic rings. The van der Waals surface area contributed by atoms with Gasteiger partial charge in [0.15, 0.2) is 0 Å². The molecule has 2 aliphatic carbocycles. The van der Waals surface area contributed by atoms with Crippen LogP contribution in [-0.2, 0) is 12.8 Å². The predicted molar refractivity (Wildman–Crippen MR) is 72.5 cm³/mol. The number of fused-ring (bicyclic) bond motifs is 2. The van der Waals surface area contributed by atoms with Crippen molar-refractivity contribution in [2.75, 3.05) is 6.26 Å². The van der Waals surface area contributed by atoms with E-state index in [0.717, 1.165) is 11.8 Å². The SMILES string of the molecule is C=C(SC)c1ccc2c(c1)CC1C=CC1C2. The normalized spacial score (nSPS) is 25.6. The fourth-order valence-electron chi connectivity index (χ4n) is 2.68. The van der Waals surface area contributed by atoms with Crippen LogP contribution in [0.15, 0.2) is 36.9 Å². The van der Waals surface area contributed by atoms with Gasteiger partial charge in [0.2, 0.25) is 0 Å². The number of hydrogen-bond donors (Lipinski definition) is 0. The first-order chi connectivity index (χ1) is 7.78. The first kappa shape index (κ1) is 10.2. The van der Waals surface area contributed by atoms with Crippen LogP contribution in [0.5, 0.6) is 0 Å². The molecule has 3 rings (SSSR count). The maximum absolute atomic E-state index is 4.09. The van der Waals surface area contributed by atoms with Crippen molar-refractivity contribution >= 4 is 16.7 Å². The second-order valence-electron chi connectivity index (χ2n) is 4.73. The van der Waals surface area contributed by atoms with Gasteiger partial charge in [-0.15, -0.1) is 11.8 Å². The van der Waals surface area contributed by atoms with E-state index in [1.165, 1.54) is 23.3 Å². The quantitative estimate of drug-likeness (QED) is 0.691. The topological polar surface area (TPSA) is 0 Å². The van der Waals surface area contributed by atoms with Crippen molar-refractivity contribution in [3.63, 3.8) is 0 Å². The van der Waals surface area contributed by atoms with Crippen LogP contribution in [0.4, 0.5) is 0 Å². The van der Waals surface area contributed by atoms with Crippen molar-refractivity contribution in [2.45, 2.75) is 12.8 Å². The number of allylic oxidation sites excluding steroid dienone is 2. The number of hydrogen-bond acceptors (Lipinski definition) is 1. The summed E-state index contributed by atoms with van der Waals surface area (Å²) in [5, 5.41) is 0. The second kappa shape index (κ2) is 3.81. The van der Waals surface area contributed by atoms with E-state index in [1.807, 2.05) is 0 Å². The van der Waals surface area contributed by atoms with Gasteiger partial charge in [-0.3, -0.25) is 0 Å². The molecule has 0 nitrogen and oxygen atoms in total. The Balaban J connectivity index is 1.94. The largest absolute Gasteiger partial charge is 0.130 e. The molecule has 0 amide bonds. The molecule has 0 N–H and O–H groups in total. The summed E-state index contributed by atoms with van der Waals surface area (Å²) in [6.07, 6.45) is 9.28.